The Morgan fingerprint density at radius 1 is 1.04 bits per heavy atom. The molecule has 1 heterocycles. The number of ether oxygens (including phenoxy) is 2. The van der Waals surface area contributed by atoms with Gasteiger partial charge in [-0.05, 0) is 37.0 Å². The summed E-state index contributed by atoms with van der Waals surface area (Å²) in [6.07, 6.45) is 5.40. The Labute approximate surface area is 149 Å². The number of aryl methyl sites for hydroxylation is 1. The first-order valence-corrected chi connectivity index (χ1v) is 8.89. The number of methoxy groups -OCH3 is 2. The lowest BCUT2D eigenvalue weighted by atomic mass is 10.1. The number of rotatable bonds is 7. The molecule has 0 unspecified atom stereocenters. The van der Waals surface area contributed by atoms with Crippen LogP contribution >= 0.6 is 0 Å². The maximum Gasteiger partial charge on any atom is 0.241 e. The number of hydrogen-bond acceptors (Lipinski definition) is 4. The maximum atomic E-state index is 12.2. The number of carbonyl (C=O) groups is 2. The van der Waals surface area contributed by atoms with Crippen LogP contribution in [0.25, 0.3) is 0 Å². The predicted octanol–water partition coefficient (Wildman–Crippen LogP) is 2.16. The Bertz CT molecular complexity index is 581. The van der Waals surface area contributed by atoms with Crippen molar-refractivity contribution >= 4 is 11.8 Å². The van der Waals surface area contributed by atoms with E-state index in [2.05, 4.69) is 5.32 Å². The summed E-state index contributed by atoms with van der Waals surface area (Å²) in [5.41, 5.74) is 0.992. The van der Waals surface area contributed by atoms with E-state index in [-0.39, 0.29) is 18.4 Å². The molecule has 6 nitrogen and oxygen atoms in total. The van der Waals surface area contributed by atoms with Crippen molar-refractivity contribution in [3.05, 3.63) is 23.8 Å². The lowest BCUT2D eigenvalue weighted by Gasteiger charge is -2.20. The Kier molecular flexibility index (Phi) is 7.57. The highest BCUT2D eigenvalue weighted by molar-refractivity contribution is 5.84. The van der Waals surface area contributed by atoms with E-state index in [1.54, 1.807) is 14.2 Å². The van der Waals surface area contributed by atoms with Crippen LogP contribution < -0.4 is 14.8 Å². The number of carbonyl (C=O) groups excluding carboxylic acids is 2. The van der Waals surface area contributed by atoms with Crippen LogP contribution in [0.2, 0.25) is 0 Å². The molecule has 25 heavy (non-hydrogen) atoms. The summed E-state index contributed by atoms with van der Waals surface area (Å²) in [7, 11) is 3.18. The third-order valence-electron chi connectivity index (χ3n) is 4.48. The Morgan fingerprint density at radius 2 is 1.72 bits per heavy atom. The topological polar surface area (TPSA) is 67.9 Å². The second-order valence-electron chi connectivity index (χ2n) is 6.26. The molecule has 1 aliphatic rings. The van der Waals surface area contributed by atoms with Crippen LogP contribution in [0.3, 0.4) is 0 Å². The van der Waals surface area contributed by atoms with Crippen LogP contribution in [-0.4, -0.2) is 50.6 Å². The monoisotopic (exact) mass is 348 g/mol. The van der Waals surface area contributed by atoms with Gasteiger partial charge in [-0.25, -0.2) is 0 Å². The summed E-state index contributed by atoms with van der Waals surface area (Å²) < 4.78 is 10.5. The van der Waals surface area contributed by atoms with Gasteiger partial charge in [-0.1, -0.05) is 18.9 Å². The molecule has 1 aromatic rings. The average molecular weight is 348 g/mol. The standard InChI is InChI=1S/C19H28N2O4/c1-24-16-9-7-15(13-17(16)25-2)8-10-18(22)20-14-19(23)21-11-5-3-4-6-12-21/h7,9,13H,3-6,8,10-12,14H2,1-2H3,(H,20,22). The summed E-state index contributed by atoms with van der Waals surface area (Å²) in [5, 5.41) is 2.74. The largest absolute Gasteiger partial charge is 0.493 e. The fourth-order valence-electron chi connectivity index (χ4n) is 2.99. The highest BCUT2D eigenvalue weighted by Crippen LogP contribution is 2.27. The molecule has 0 aliphatic carbocycles. The zero-order valence-electron chi connectivity index (χ0n) is 15.2. The van der Waals surface area contributed by atoms with Gasteiger partial charge in [-0.2, -0.15) is 0 Å². The highest BCUT2D eigenvalue weighted by Gasteiger charge is 2.16. The SMILES string of the molecule is COc1ccc(CCC(=O)NCC(=O)N2CCCCCC2)cc1OC. The minimum atomic E-state index is -0.113. The number of amides is 2. The first-order chi connectivity index (χ1) is 12.1. The number of likely N-dealkylation sites (tertiary alicyclic amines) is 1. The van der Waals surface area contributed by atoms with Crippen molar-refractivity contribution in [1.82, 2.24) is 10.2 Å². The number of benzene rings is 1. The van der Waals surface area contributed by atoms with Crippen molar-refractivity contribution in [3.63, 3.8) is 0 Å². The van der Waals surface area contributed by atoms with E-state index in [1.807, 2.05) is 23.1 Å². The quantitative estimate of drug-likeness (QED) is 0.820. The zero-order valence-corrected chi connectivity index (χ0v) is 15.2. The van der Waals surface area contributed by atoms with E-state index in [4.69, 9.17) is 9.47 Å². The van der Waals surface area contributed by atoms with Gasteiger partial charge >= 0.3 is 0 Å². The fourth-order valence-corrected chi connectivity index (χ4v) is 2.99. The van der Waals surface area contributed by atoms with E-state index >= 15 is 0 Å². The second kappa shape index (κ2) is 9.91. The number of nitrogens with zero attached hydrogens (tertiary/aromatic N) is 1. The molecule has 2 rings (SSSR count). The average Bonchev–Trinajstić information content (AvgIpc) is 2.93. The molecule has 6 heteroatoms. The van der Waals surface area contributed by atoms with Crippen molar-refractivity contribution in [3.8, 4) is 11.5 Å². The number of nitrogens with one attached hydrogen (secondary N) is 1. The van der Waals surface area contributed by atoms with Crippen molar-refractivity contribution in [2.45, 2.75) is 38.5 Å². The normalized spacial score (nSPS) is 14.6. The molecule has 1 saturated heterocycles. The third kappa shape index (κ3) is 5.96. The lowest BCUT2D eigenvalue weighted by Crippen LogP contribution is -2.40. The zero-order chi connectivity index (χ0) is 18.1. The van der Waals surface area contributed by atoms with E-state index in [9.17, 15) is 9.59 Å². The summed E-state index contributed by atoms with van der Waals surface area (Å²) >= 11 is 0. The number of hydrogen-bond donors (Lipinski definition) is 1. The first kappa shape index (κ1) is 19.1. The molecule has 0 aromatic heterocycles. The molecule has 2 amide bonds. The molecule has 1 aromatic carbocycles. The smallest absolute Gasteiger partial charge is 0.241 e. The molecule has 0 spiro atoms. The van der Waals surface area contributed by atoms with E-state index in [0.717, 1.165) is 31.5 Å². The lowest BCUT2D eigenvalue weighted by molar-refractivity contribution is -0.132. The molecule has 0 saturated carbocycles. The van der Waals surface area contributed by atoms with Gasteiger partial charge in [0.15, 0.2) is 11.5 Å². The van der Waals surface area contributed by atoms with Crippen molar-refractivity contribution in [1.29, 1.82) is 0 Å². The minimum absolute atomic E-state index is 0.0152. The van der Waals surface area contributed by atoms with E-state index in [0.29, 0.717) is 24.3 Å². The van der Waals surface area contributed by atoms with E-state index < -0.39 is 0 Å². The van der Waals surface area contributed by atoms with Gasteiger partial charge in [0.2, 0.25) is 11.8 Å². The molecule has 1 N–H and O–H groups in total. The molecule has 0 bridgehead atoms. The summed E-state index contributed by atoms with van der Waals surface area (Å²) in [6.45, 7) is 1.70. The second-order valence-corrected chi connectivity index (χ2v) is 6.26. The first-order valence-electron chi connectivity index (χ1n) is 8.89. The van der Waals surface area contributed by atoms with Gasteiger partial charge < -0.3 is 19.7 Å². The van der Waals surface area contributed by atoms with Gasteiger partial charge in [0, 0.05) is 19.5 Å². The van der Waals surface area contributed by atoms with Crippen LogP contribution in [0.4, 0.5) is 0 Å². The molecular weight excluding hydrogens is 320 g/mol. The van der Waals surface area contributed by atoms with E-state index in [1.165, 1.54) is 12.8 Å². The summed E-state index contributed by atoms with van der Waals surface area (Å²) in [5.74, 6) is 1.22. The van der Waals surface area contributed by atoms with Crippen LogP contribution in [0.15, 0.2) is 18.2 Å². The van der Waals surface area contributed by atoms with Crippen LogP contribution in [0.5, 0.6) is 11.5 Å². The summed E-state index contributed by atoms with van der Waals surface area (Å²) in [6, 6.07) is 5.61. The highest BCUT2D eigenvalue weighted by atomic mass is 16.5. The van der Waals surface area contributed by atoms with Crippen LogP contribution in [0.1, 0.15) is 37.7 Å². The van der Waals surface area contributed by atoms with Crippen molar-refractivity contribution in [2.24, 2.45) is 0 Å². The van der Waals surface area contributed by atoms with Crippen molar-refractivity contribution in [2.75, 3.05) is 33.9 Å². The van der Waals surface area contributed by atoms with Gasteiger partial charge in [0.1, 0.15) is 0 Å². The Hall–Kier alpha value is -2.24. The fraction of sp³-hybridized carbons (Fsp3) is 0.579. The molecule has 1 fully saturated rings. The van der Waals surface area contributed by atoms with Gasteiger partial charge in [0.05, 0.1) is 20.8 Å². The molecule has 138 valence electrons. The summed E-state index contributed by atoms with van der Waals surface area (Å²) in [4.78, 5) is 26.0. The molecule has 1 aliphatic heterocycles. The Balaban J connectivity index is 1.75. The Morgan fingerprint density at radius 3 is 2.36 bits per heavy atom. The molecular formula is C19H28N2O4. The van der Waals surface area contributed by atoms with Gasteiger partial charge in [0.25, 0.3) is 0 Å². The predicted molar refractivity (Wildman–Crippen MR) is 95.9 cm³/mol. The van der Waals surface area contributed by atoms with Crippen LogP contribution in [-0.2, 0) is 16.0 Å². The maximum absolute atomic E-state index is 12.2. The van der Waals surface area contributed by atoms with Crippen molar-refractivity contribution < 1.29 is 19.1 Å². The van der Waals surface area contributed by atoms with Gasteiger partial charge in [-0.3, -0.25) is 9.59 Å². The minimum Gasteiger partial charge on any atom is -0.493 e. The molecule has 0 atom stereocenters. The van der Waals surface area contributed by atoms with Gasteiger partial charge in [-0.15, -0.1) is 0 Å². The van der Waals surface area contributed by atoms with Crippen LogP contribution in [0, 0.1) is 0 Å². The molecule has 0 radical (unpaired) electrons. The third-order valence-corrected chi connectivity index (χ3v) is 4.48.